The molecule has 0 unspecified atom stereocenters. The van der Waals surface area contributed by atoms with Crippen LogP contribution in [-0.2, 0) is 11.2 Å². The van der Waals surface area contributed by atoms with E-state index in [4.69, 9.17) is 23.2 Å². The molecular formula is C19H17Cl2N5O. The van der Waals surface area contributed by atoms with Crippen LogP contribution in [0.2, 0.25) is 10.2 Å². The molecule has 4 rings (SSSR count). The lowest BCUT2D eigenvalue weighted by atomic mass is 10.1. The second-order valence-corrected chi connectivity index (χ2v) is 7.20. The Bertz CT molecular complexity index is 989. The Morgan fingerprint density at radius 1 is 1.04 bits per heavy atom. The predicted molar refractivity (Wildman–Crippen MR) is 106 cm³/mol. The number of benzene rings is 1. The van der Waals surface area contributed by atoms with Crippen molar-refractivity contribution >= 4 is 46.0 Å². The largest absolute Gasteiger partial charge is 0.351 e. The number of carbonyl (C=O) groups excluding carboxylic acids is 1. The Balaban J connectivity index is 1.45. The first kappa shape index (κ1) is 17.9. The molecular weight excluding hydrogens is 385 g/mol. The Kier molecular flexibility index (Phi) is 5.09. The van der Waals surface area contributed by atoms with Crippen LogP contribution in [0.4, 0.5) is 5.82 Å². The van der Waals surface area contributed by atoms with Gasteiger partial charge < -0.3 is 9.80 Å². The maximum absolute atomic E-state index is 12.6. The number of hydrogen-bond acceptors (Lipinski definition) is 5. The minimum Gasteiger partial charge on any atom is -0.351 e. The van der Waals surface area contributed by atoms with Crippen molar-refractivity contribution in [1.29, 1.82) is 0 Å². The zero-order valence-corrected chi connectivity index (χ0v) is 16.0. The van der Waals surface area contributed by atoms with Gasteiger partial charge in [-0.15, -0.1) is 0 Å². The van der Waals surface area contributed by atoms with Crippen LogP contribution < -0.4 is 4.90 Å². The molecule has 0 radical (unpaired) electrons. The Labute approximate surface area is 166 Å². The topological polar surface area (TPSA) is 62.2 Å². The Morgan fingerprint density at radius 2 is 1.85 bits per heavy atom. The van der Waals surface area contributed by atoms with Gasteiger partial charge >= 0.3 is 0 Å². The zero-order chi connectivity index (χ0) is 18.8. The molecule has 1 aliphatic heterocycles. The van der Waals surface area contributed by atoms with Crippen LogP contribution in [0.15, 0.2) is 42.7 Å². The van der Waals surface area contributed by atoms with E-state index in [0.717, 1.165) is 16.9 Å². The summed E-state index contributed by atoms with van der Waals surface area (Å²) in [6, 6.07) is 11.0. The molecule has 138 valence electrons. The molecule has 2 aromatic heterocycles. The summed E-state index contributed by atoms with van der Waals surface area (Å²) >= 11 is 12.0. The van der Waals surface area contributed by atoms with Crippen molar-refractivity contribution in [1.82, 2.24) is 19.9 Å². The maximum atomic E-state index is 12.6. The van der Waals surface area contributed by atoms with E-state index in [1.807, 2.05) is 29.2 Å². The Morgan fingerprint density at radius 3 is 2.63 bits per heavy atom. The van der Waals surface area contributed by atoms with E-state index in [-0.39, 0.29) is 5.91 Å². The van der Waals surface area contributed by atoms with E-state index in [9.17, 15) is 4.79 Å². The maximum Gasteiger partial charge on any atom is 0.227 e. The van der Waals surface area contributed by atoms with Gasteiger partial charge in [-0.2, -0.15) is 0 Å². The lowest BCUT2D eigenvalue weighted by molar-refractivity contribution is -0.130. The molecule has 3 heterocycles. The summed E-state index contributed by atoms with van der Waals surface area (Å²) in [6.45, 7) is 2.63. The Hall–Kier alpha value is -2.44. The molecule has 1 saturated heterocycles. The van der Waals surface area contributed by atoms with Gasteiger partial charge in [0.25, 0.3) is 0 Å². The SMILES string of the molecule is O=C(Cc1cccc(Cl)c1)N1CCN(c2ncnc3ccc(Cl)nc23)CC1. The average molecular weight is 402 g/mol. The van der Waals surface area contributed by atoms with Crippen LogP contribution >= 0.6 is 23.2 Å². The summed E-state index contributed by atoms with van der Waals surface area (Å²) in [5, 5.41) is 1.06. The third-order valence-corrected chi connectivity index (χ3v) is 5.05. The number of rotatable bonds is 3. The molecule has 8 heteroatoms. The second kappa shape index (κ2) is 7.66. The van der Waals surface area contributed by atoms with E-state index in [0.29, 0.717) is 48.3 Å². The highest BCUT2D eigenvalue weighted by molar-refractivity contribution is 6.30. The van der Waals surface area contributed by atoms with Crippen LogP contribution in [0.5, 0.6) is 0 Å². The molecule has 0 N–H and O–H groups in total. The first-order chi connectivity index (χ1) is 13.1. The van der Waals surface area contributed by atoms with Crippen molar-refractivity contribution in [2.45, 2.75) is 6.42 Å². The van der Waals surface area contributed by atoms with Crippen molar-refractivity contribution in [3.63, 3.8) is 0 Å². The summed E-state index contributed by atoms with van der Waals surface area (Å²) in [7, 11) is 0. The summed E-state index contributed by atoms with van der Waals surface area (Å²) in [6.07, 6.45) is 1.89. The van der Waals surface area contributed by atoms with Gasteiger partial charge in [0.15, 0.2) is 5.82 Å². The van der Waals surface area contributed by atoms with E-state index in [1.165, 1.54) is 6.33 Å². The highest BCUT2D eigenvalue weighted by Crippen LogP contribution is 2.24. The first-order valence-corrected chi connectivity index (χ1v) is 9.40. The molecule has 1 aromatic carbocycles. The number of fused-ring (bicyclic) bond motifs is 1. The summed E-state index contributed by atoms with van der Waals surface area (Å²) in [5.41, 5.74) is 2.36. The normalized spacial score (nSPS) is 14.6. The van der Waals surface area contributed by atoms with Crippen molar-refractivity contribution in [3.05, 3.63) is 58.5 Å². The van der Waals surface area contributed by atoms with Crippen molar-refractivity contribution < 1.29 is 4.79 Å². The van der Waals surface area contributed by atoms with Gasteiger partial charge in [0.1, 0.15) is 17.0 Å². The van der Waals surface area contributed by atoms with Crippen molar-refractivity contribution in [3.8, 4) is 0 Å². The average Bonchev–Trinajstić information content (AvgIpc) is 2.67. The van der Waals surface area contributed by atoms with Crippen molar-refractivity contribution in [2.75, 3.05) is 31.1 Å². The molecule has 1 fully saturated rings. The van der Waals surface area contributed by atoms with Crippen LogP contribution in [0, 0.1) is 0 Å². The molecule has 27 heavy (non-hydrogen) atoms. The number of pyridine rings is 1. The van der Waals surface area contributed by atoms with Gasteiger partial charge in [-0.05, 0) is 29.8 Å². The highest BCUT2D eigenvalue weighted by Gasteiger charge is 2.23. The fraction of sp³-hybridized carbons (Fsp3) is 0.263. The number of carbonyl (C=O) groups is 1. The van der Waals surface area contributed by atoms with Gasteiger partial charge in [-0.25, -0.2) is 15.0 Å². The van der Waals surface area contributed by atoms with E-state index in [1.54, 1.807) is 12.1 Å². The standard InChI is InChI=1S/C19H17Cl2N5O/c20-14-3-1-2-13(10-14)11-17(27)25-6-8-26(9-7-25)19-18-15(22-12-23-19)4-5-16(21)24-18/h1-5,10,12H,6-9,11H2. The zero-order valence-electron chi connectivity index (χ0n) is 14.5. The van der Waals surface area contributed by atoms with E-state index >= 15 is 0 Å². The summed E-state index contributed by atoms with van der Waals surface area (Å²) in [4.78, 5) is 29.6. The molecule has 0 spiro atoms. The smallest absolute Gasteiger partial charge is 0.227 e. The number of hydrogen-bond donors (Lipinski definition) is 0. The first-order valence-electron chi connectivity index (χ1n) is 8.64. The highest BCUT2D eigenvalue weighted by atomic mass is 35.5. The van der Waals surface area contributed by atoms with Gasteiger partial charge in [-0.1, -0.05) is 35.3 Å². The molecule has 0 aliphatic carbocycles. The molecule has 6 nitrogen and oxygen atoms in total. The van der Waals surface area contributed by atoms with Gasteiger partial charge in [0.2, 0.25) is 5.91 Å². The number of anilines is 1. The molecule has 1 amide bonds. The number of nitrogens with zero attached hydrogens (tertiary/aromatic N) is 5. The van der Waals surface area contributed by atoms with Gasteiger partial charge in [0, 0.05) is 31.2 Å². The number of halogens is 2. The molecule has 1 aliphatic rings. The third-order valence-electron chi connectivity index (χ3n) is 4.60. The summed E-state index contributed by atoms with van der Waals surface area (Å²) in [5.74, 6) is 0.857. The summed E-state index contributed by atoms with van der Waals surface area (Å²) < 4.78 is 0. The molecule has 0 atom stereocenters. The fourth-order valence-electron chi connectivity index (χ4n) is 3.24. The second-order valence-electron chi connectivity index (χ2n) is 6.37. The van der Waals surface area contributed by atoms with E-state index < -0.39 is 0 Å². The number of aromatic nitrogens is 3. The van der Waals surface area contributed by atoms with E-state index in [2.05, 4.69) is 19.9 Å². The molecule has 0 saturated carbocycles. The monoisotopic (exact) mass is 401 g/mol. The number of piperazine rings is 1. The molecule has 3 aromatic rings. The molecule has 0 bridgehead atoms. The predicted octanol–water partition coefficient (Wildman–Crippen LogP) is 3.22. The van der Waals surface area contributed by atoms with Crippen LogP contribution in [0.1, 0.15) is 5.56 Å². The van der Waals surface area contributed by atoms with Crippen LogP contribution in [0.25, 0.3) is 11.0 Å². The number of amides is 1. The van der Waals surface area contributed by atoms with Crippen molar-refractivity contribution in [2.24, 2.45) is 0 Å². The minimum absolute atomic E-state index is 0.102. The van der Waals surface area contributed by atoms with Gasteiger partial charge in [0.05, 0.1) is 11.9 Å². The fourth-order valence-corrected chi connectivity index (χ4v) is 3.60. The van der Waals surface area contributed by atoms with Crippen LogP contribution in [0.3, 0.4) is 0 Å². The third kappa shape index (κ3) is 3.96. The minimum atomic E-state index is 0.102. The quantitative estimate of drug-likeness (QED) is 0.630. The lowest BCUT2D eigenvalue weighted by Crippen LogP contribution is -2.49. The van der Waals surface area contributed by atoms with Crippen LogP contribution in [-0.4, -0.2) is 51.9 Å². The van der Waals surface area contributed by atoms with Gasteiger partial charge in [-0.3, -0.25) is 4.79 Å². The lowest BCUT2D eigenvalue weighted by Gasteiger charge is -2.35.